The molecule has 1 aliphatic heterocycles. The largest absolute Gasteiger partial charge is 0.416 e. The maximum absolute atomic E-state index is 12.8. The molecule has 0 radical (unpaired) electrons. The van der Waals surface area contributed by atoms with E-state index in [2.05, 4.69) is 5.32 Å². The summed E-state index contributed by atoms with van der Waals surface area (Å²) in [5.74, 6) is -0.573. The summed E-state index contributed by atoms with van der Waals surface area (Å²) >= 11 is 5.90. The van der Waals surface area contributed by atoms with Crippen LogP contribution in [0.15, 0.2) is 48.5 Å². The highest BCUT2D eigenvalue weighted by atomic mass is 35.5. The van der Waals surface area contributed by atoms with Gasteiger partial charge in [-0.25, -0.2) is 0 Å². The lowest BCUT2D eigenvalue weighted by atomic mass is 10.1. The smallest absolute Gasteiger partial charge is 0.339 e. The molecule has 1 aliphatic rings. The second kappa shape index (κ2) is 8.69. The van der Waals surface area contributed by atoms with Crippen LogP contribution in [0.4, 0.5) is 18.9 Å². The molecule has 2 aromatic rings. The van der Waals surface area contributed by atoms with Crippen LogP contribution in [0, 0.1) is 0 Å². The monoisotopic (exact) mass is 422 g/mol. The molecule has 0 spiro atoms. The van der Waals surface area contributed by atoms with Crippen molar-refractivity contribution < 1.29 is 22.8 Å². The van der Waals surface area contributed by atoms with Gasteiger partial charge in [0.05, 0.1) is 5.56 Å². The van der Waals surface area contributed by atoms with E-state index in [9.17, 15) is 22.8 Å². The molecule has 29 heavy (non-hydrogen) atoms. The third-order valence-corrected chi connectivity index (χ3v) is 4.87. The summed E-state index contributed by atoms with van der Waals surface area (Å²) < 4.78 is 38.4. The minimum atomic E-state index is -4.50. The molecule has 8 heteroatoms. The number of alkyl halides is 3. The first kappa shape index (κ1) is 20.9. The number of amides is 2. The minimum absolute atomic E-state index is 0.0422. The zero-order chi connectivity index (χ0) is 21.0. The van der Waals surface area contributed by atoms with E-state index in [-0.39, 0.29) is 16.5 Å². The van der Waals surface area contributed by atoms with E-state index in [0.29, 0.717) is 11.3 Å². The van der Waals surface area contributed by atoms with Crippen LogP contribution in [0.3, 0.4) is 0 Å². The number of nitrogens with zero attached hydrogens (tertiary/aromatic N) is 1. The van der Waals surface area contributed by atoms with Crippen molar-refractivity contribution in [3.8, 4) is 0 Å². The van der Waals surface area contributed by atoms with Gasteiger partial charge in [-0.1, -0.05) is 11.6 Å². The molecule has 2 amide bonds. The molecule has 0 unspecified atom stereocenters. The highest BCUT2D eigenvalue weighted by molar-refractivity contribution is 6.32. The van der Waals surface area contributed by atoms with Gasteiger partial charge in [0.25, 0.3) is 5.91 Å². The molecule has 4 nitrogen and oxygen atoms in total. The van der Waals surface area contributed by atoms with Crippen LogP contribution in [0.2, 0.25) is 5.02 Å². The fourth-order valence-electron chi connectivity index (χ4n) is 3.00. The van der Waals surface area contributed by atoms with Crippen molar-refractivity contribution in [2.24, 2.45) is 0 Å². The van der Waals surface area contributed by atoms with Crippen molar-refractivity contribution in [2.75, 3.05) is 18.4 Å². The highest BCUT2D eigenvalue weighted by Gasteiger charge is 2.30. The van der Waals surface area contributed by atoms with Crippen LogP contribution in [0.1, 0.15) is 34.3 Å². The zero-order valence-corrected chi connectivity index (χ0v) is 16.1. The summed E-state index contributed by atoms with van der Waals surface area (Å²) in [6.07, 6.45) is -0.170. The van der Waals surface area contributed by atoms with Crippen LogP contribution < -0.4 is 5.32 Å². The van der Waals surface area contributed by atoms with Crippen molar-refractivity contribution >= 4 is 35.2 Å². The molecule has 1 N–H and O–H groups in total. The van der Waals surface area contributed by atoms with E-state index in [1.54, 1.807) is 29.2 Å². The predicted molar refractivity (Wildman–Crippen MR) is 106 cm³/mol. The Kier molecular flexibility index (Phi) is 6.27. The van der Waals surface area contributed by atoms with E-state index < -0.39 is 17.6 Å². The second-order valence-corrected chi connectivity index (χ2v) is 7.04. The Hall–Kier alpha value is -2.80. The Labute approximate surface area is 171 Å². The summed E-state index contributed by atoms with van der Waals surface area (Å²) in [5, 5.41) is 2.70. The normalized spacial score (nSPS) is 14.4. The van der Waals surface area contributed by atoms with Crippen molar-refractivity contribution in [3.63, 3.8) is 0 Å². The van der Waals surface area contributed by atoms with Crippen LogP contribution in [-0.4, -0.2) is 29.8 Å². The van der Waals surface area contributed by atoms with Crippen LogP contribution in [0.5, 0.6) is 0 Å². The van der Waals surface area contributed by atoms with Gasteiger partial charge in [0, 0.05) is 35.4 Å². The SMILES string of the molecule is O=C(C=Cc1cc(C(F)(F)F)ccc1Cl)Nc1ccc(C(=O)N2CCCC2)cc1. The van der Waals surface area contributed by atoms with Gasteiger partial charge in [0.2, 0.25) is 5.91 Å². The Balaban J connectivity index is 1.64. The maximum atomic E-state index is 12.8. The molecule has 0 bridgehead atoms. The Morgan fingerprint density at radius 3 is 2.31 bits per heavy atom. The number of halogens is 4. The fraction of sp³-hybridized carbons (Fsp3) is 0.238. The molecule has 1 saturated heterocycles. The van der Waals surface area contributed by atoms with Crippen LogP contribution in [0.25, 0.3) is 6.08 Å². The number of anilines is 1. The molecule has 0 saturated carbocycles. The standard InChI is InChI=1S/C21H18ClF3N2O2/c22-18-9-6-16(21(23,24)25)13-15(18)5-10-19(28)26-17-7-3-14(4-8-17)20(29)27-11-1-2-12-27/h3-10,13H,1-2,11-12H2,(H,26,28). The summed E-state index contributed by atoms with van der Waals surface area (Å²) in [4.78, 5) is 26.2. The van der Waals surface area contributed by atoms with Gasteiger partial charge in [0.15, 0.2) is 0 Å². The summed E-state index contributed by atoms with van der Waals surface area (Å²) in [5.41, 5.74) is 0.243. The number of rotatable bonds is 4. The number of carbonyl (C=O) groups excluding carboxylic acids is 2. The van der Waals surface area contributed by atoms with Gasteiger partial charge in [-0.2, -0.15) is 13.2 Å². The number of likely N-dealkylation sites (tertiary alicyclic amines) is 1. The van der Waals surface area contributed by atoms with Gasteiger partial charge in [-0.05, 0) is 66.9 Å². The molecule has 3 rings (SSSR count). The van der Waals surface area contributed by atoms with Gasteiger partial charge in [-0.15, -0.1) is 0 Å². The van der Waals surface area contributed by atoms with E-state index >= 15 is 0 Å². The van der Waals surface area contributed by atoms with E-state index in [0.717, 1.165) is 50.2 Å². The number of nitrogens with one attached hydrogen (secondary N) is 1. The van der Waals surface area contributed by atoms with Crippen LogP contribution >= 0.6 is 11.6 Å². The second-order valence-electron chi connectivity index (χ2n) is 6.63. The van der Waals surface area contributed by atoms with Crippen molar-refractivity contribution in [2.45, 2.75) is 19.0 Å². The van der Waals surface area contributed by atoms with Gasteiger partial charge in [-0.3, -0.25) is 9.59 Å². The summed E-state index contributed by atoms with van der Waals surface area (Å²) in [6.45, 7) is 1.50. The zero-order valence-electron chi connectivity index (χ0n) is 15.3. The first-order valence-electron chi connectivity index (χ1n) is 8.99. The molecular formula is C21H18ClF3N2O2. The van der Waals surface area contributed by atoms with Crippen molar-refractivity contribution in [1.29, 1.82) is 0 Å². The van der Waals surface area contributed by atoms with Crippen molar-refractivity contribution in [3.05, 3.63) is 70.3 Å². The molecular weight excluding hydrogens is 405 g/mol. The molecule has 0 aliphatic carbocycles. The molecule has 0 aromatic heterocycles. The number of hydrogen-bond acceptors (Lipinski definition) is 2. The van der Waals surface area contributed by atoms with Gasteiger partial charge in [0.1, 0.15) is 0 Å². The Morgan fingerprint density at radius 2 is 1.69 bits per heavy atom. The lowest BCUT2D eigenvalue weighted by Gasteiger charge is -2.15. The predicted octanol–water partition coefficient (Wildman–Crippen LogP) is 5.25. The molecule has 0 atom stereocenters. The maximum Gasteiger partial charge on any atom is 0.416 e. The van der Waals surface area contributed by atoms with E-state index in [1.807, 2.05) is 0 Å². The first-order chi connectivity index (χ1) is 13.7. The quantitative estimate of drug-likeness (QED) is 0.684. The molecule has 1 fully saturated rings. The summed E-state index contributed by atoms with van der Waals surface area (Å²) in [6, 6.07) is 9.36. The topological polar surface area (TPSA) is 49.4 Å². The molecule has 1 heterocycles. The number of benzene rings is 2. The molecule has 2 aromatic carbocycles. The van der Waals surface area contributed by atoms with E-state index in [4.69, 9.17) is 11.6 Å². The number of carbonyl (C=O) groups is 2. The lowest BCUT2D eigenvalue weighted by Crippen LogP contribution is -2.27. The van der Waals surface area contributed by atoms with E-state index in [1.165, 1.54) is 6.08 Å². The van der Waals surface area contributed by atoms with Crippen LogP contribution in [-0.2, 0) is 11.0 Å². The first-order valence-corrected chi connectivity index (χ1v) is 9.37. The van der Waals surface area contributed by atoms with Crippen molar-refractivity contribution in [1.82, 2.24) is 4.90 Å². The third-order valence-electron chi connectivity index (χ3n) is 4.53. The number of hydrogen-bond donors (Lipinski definition) is 1. The lowest BCUT2D eigenvalue weighted by molar-refractivity contribution is -0.137. The highest BCUT2D eigenvalue weighted by Crippen LogP contribution is 2.32. The van der Waals surface area contributed by atoms with Gasteiger partial charge < -0.3 is 10.2 Å². The average molecular weight is 423 g/mol. The molecule has 152 valence electrons. The fourth-order valence-corrected chi connectivity index (χ4v) is 3.18. The summed E-state index contributed by atoms with van der Waals surface area (Å²) in [7, 11) is 0. The van der Waals surface area contributed by atoms with Gasteiger partial charge >= 0.3 is 6.18 Å². The third kappa shape index (κ3) is 5.38. The average Bonchev–Trinajstić information content (AvgIpc) is 3.21. The Morgan fingerprint density at radius 1 is 1.03 bits per heavy atom. The Bertz CT molecular complexity index is 934. The minimum Gasteiger partial charge on any atom is -0.339 e.